The first-order valence-corrected chi connectivity index (χ1v) is 8.83. The van der Waals surface area contributed by atoms with Gasteiger partial charge in [-0.15, -0.1) is 0 Å². The monoisotopic (exact) mass is 322 g/mol. The van der Waals surface area contributed by atoms with Crippen LogP contribution in [0.15, 0.2) is 77.9 Å². The highest BCUT2D eigenvalue weighted by Gasteiger charge is 2.21. The van der Waals surface area contributed by atoms with Gasteiger partial charge in [-0.3, -0.25) is 0 Å². The fourth-order valence-corrected chi connectivity index (χ4v) is 3.13. The first-order chi connectivity index (χ1) is 11.0. The molecule has 1 saturated carbocycles. The summed E-state index contributed by atoms with van der Waals surface area (Å²) in [6.45, 7) is 15.0. The molecular weight excluding hydrogens is 288 g/mol. The quantitative estimate of drug-likeness (QED) is 0.498. The highest BCUT2D eigenvalue weighted by Crippen LogP contribution is 2.38. The molecule has 0 amide bonds. The molecule has 130 valence electrons. The summed E-state index contributed by atoms with van der Waals surface area (Å²) in [4.78, 5) is 0. The van der Waals surface area contributed by atoms with Crippen molar-refractivity contribution in [3.8, 4) is 0 Å². The fraction of sp³-hybridized carbons (Fsp3) is 0.417. The predicted molar refractivity (Wildman–Crippen MR) is 109 cm³/mol. The van der Waals surface area contributed by atoms with E-state index in [1.807, 2.05) is 6.07 Å². The van der Waals surface area contributed by atoms with Gasteiger partial charge in [0.25, 0.3) is 0 Å². The number of hydrogen-bond acceptors (Lipinski definition) is 0. The Hall–Kier alpha value is -1.82. The van der Waals surface area contributed by atoms with Crippen LogP contribution in [0.2, 0.25) is 0 Å². The molecule has 1 aromatic rings. The summed E-state index contributed by atoms with van der Waals surface area (Å²) in [7, 11) is 0. The van der Waals surface area contributed by atoms with Crippen molar-refractivity contribution < 1.29 is 0 Å². The molecule has 0 spiro atoms. The highest BCUT2D eigenvalue weighted by atomic mass is 14.3. The third-order valence-corrected chi connectivity index (χ3v) is 4.87. The third-order valence-electron chi connectivity index (χ3n) is 4.87. The van der Waals surface area contributed by atoms with Crippen LogP contribution in [0.5, 0.6) is 0 Å². The number of hydrogen-bond donors (Lipinski definition) is 0. The van der Waals surface area contributed by atoms with Crippen molar-refractivity contribution in [3.05, 3.63) is 83.5 Å². The zero-order chi connectivity index (χ0) is 16.8. The molecule has 0 unspecified atom stereocenters. The molecule has 0 radical (unpaired) electrons. The Morgan fingerprint density at radius 1 is 1.00 bits per heavy atom. The number of rotatable bonds is 1. The summed E-state index contributed by atoms with van der Waals surface area (Å²) in [6, 6.07) is 10.5. The maximum Gasteiger partial charge on any atom is -0.0187 e. The minimum Gasteiger partial charge on any atom is -0.0950 e. The standard InChI is InChI=1S/C14H18.C9H12.CH4/c1-10-8-9-13-6-4-5-7-14(13)12(3)11(10)2;1-8(2)9-6-4-3-5-7-9;/h6-7,10H,2-5,8-9H2,1H3;3-8H,1-2H3;1H4/t10-;;/m0../s1. The lowest BCUT2D eigenvalue weighted by Gasteiger charge is -2.16. The van der Waals surface area contributed by atoms with E-state index in [4.69, 9.17) is 0 Å². The molecule has 2 aliphatic carbocycles. The van der Waals surface area contributed by atoms with Gasteiger partial charge >= 0.3 is 0 Å². The average molecular weight is 323 g/mol. The van der Waals surface area contributed by atoms with Gasteiger partial charge in [-0.05, 0) is 65.4 Å². The molecule has 0 heterocycles. The molecule has 0 N–H and O–H groups in total. The smallest absolute Gasteiger partial charge is 0.0187 e. The van der Waals surface area contributed by atoms with Crippen molar-refractivity contribution in [2.45, 2.75) is 59.8 Å². The Balaban J connectivity index is 0.000000252. The van der Waals surface area contributed by atoms with Gasteiger partial charge in [-0.25, -0.2) is 0 Å². The van der Waals surface area contributed by atoms with Gasteiger partial charge in [-0.2, -0.15) is 0 Å². The molecule has 2 aliphatic rings. The average Bonchev–Trinajstić information content (AvgIpc) is 2.69. The second kappa shape index (κ2) is 9.47. The molecule has 0 aromatic heterocycles. The largest absolute Gasteiger partial charge is 0.0950 e. The van der Waals surface area contributed by atoms with Crippen LogP contribution >= 0.6 is 0 Å². The molecule has 1 aromatic carbocycles. The van der Waals surface area contributed by atoms with E-state index in [1.54, 1.807) is 0 Å². The molecule has 0 saturated heterocycles. The van der Waals surface area contributed by atoms with E-state index >= 15 is 0 Å². The van der Waals surface area contributed by atoms with Gasteiger partial charge in [0, 0.05) is 0 Å². The predicted octanol–water partition coefficient (Wildman–Crippen LogP) is 7.62. The van der Waals surface area contributed by atoms with Gasteiger partial charge in [-0.1, -0.05) is 83.8 Å². The summed E-state index contributed by atoms with van der Waals surface area (Å²) < 4.78 is 0. The number of allylic oxidation sites excluding steroid dienone is 6. The Morgan fingerprint density at radius 3 is 2.21 bits per heavy atom. The van der Waals surface area contributed by atoms with E-state index in [0.29, 0.717) is 11.8 Å². The van der Waals surface area contributed by atoms with E-state index in [0.717, 1.165) is 0 Å². The summed E-state index contributed by atoms with van der Waals surface area (Å²) in [5.74, 6) is 1.25. The van der Waals surface area contributed by atoms with Gasteiger partial charge < -0.3 is 0 Å². The van der Waals surface area contributed by atoms with E-state index in [2.05, 4.69) is 70.3 Å². The van der Waals surface area contributed by atoms with Crippen LogP contribution in [0, 0.1) is 5.92 Å². The van der Waals surface area contributed by atoms with Crippen LogP contribution in [0.1, 0.15) is 65.4 Å². The van der Waals surface area contributed by atoms with Crippen LogP contribution in [0.3, 0.4) is 0 Å². The zero-order valence-electron chi connectivity index (χ0n) is 14.9. The minimum atomic E-state index is 0. The number of fused-ring (bicyclic) bond motifs is 1. The van der Waals surface area contributed by atoms with E-state index in [9.17, 15) is 0 Å². The van der Waals surface area contributed by atoms with Crippen LogP contribution in [0.4, 0.5) is 0 Å². The summed E-state index contributed by atoms with van der Waals surface area (Å²) in [5, 5.41) is 0. The second-order valence-electron chi connectivity index (χ2n) is 6.93. The zero-order valence-corrected chi connectivity index (χ0v) is 14.9. The van der Waals surface area contributed by atoms with Gasteiger partial charge in [0.15, 0.2) is 0 Å². The van der Waals surface area contributed by atoms with Crippen molar-refractivity contribution in [1.29, 1.82) is 0 Å². The van der Waals surface area contributed by atoms with Crippen molar-refractivity contribution in [3.63, 3.8) is 0 Å². The second-order valence-corrected chi connectivity index (χ2v) is 6.93. The third kappa shape index (κ3) is 5.09. The first kappa shape index (κ1) is 20.2. The molecule has 1 atom stereocenters. The summed E-state index contributed by atoms with van der Waals surface area (Å²) in [6.07, 6.45) is 9.51. The van der Waals surface area contributed by atoms with Crippen LogP contribution in [-0.4, -0.2) is 0 Å². The molecule has 0 bridgehead atoms. The molecular formula is C24H34. The van der Waals surface area contributed by atoms with Crippen LogP contribution in [0.25, 0.3) is 0 Å². The summed E-state index contributed by atoms with van der Waals surface area (Å²) in [5.41, 5.74) is 6.72. The van der Waals surface area contributed by atoms with Gasteiger partial charge in [0.2, 0.25) is 0 Å². The highest BCUT2D eigenvalue weighted by molar-refractivity contribution is 5.56. The lowest BCUT2D eigenvalue weighted by molar-refractivity contribution is 0.634. The Labute approximate surface area is 149 Å². The van der Waals surface area contributed by atoms with E-state index in [-0.39, 0.29) is 7.43 Å². The maximum atomic E-state index is 4.18. The molecule has 24 heavy (non-hydrogen) atoms. The molecule has 0 aliphatic heterocycles. The Kier molecular flexibility index (Phi) is 7.98. The normalized spacial score (nSPS) is 19.9. The van der Waals surface area contributed by atoms with Crippen molar-refractivity contribution >= 4 is 0 Å². The lowest BCUT2D eigenvalue weighted by Crippen LogP contribution is -1.98. The van der Waals surface area contributed by atoms with Crippen LogP contribution in [-0.2, 0) is 0 Å². The number of benzene rings is 1. The summed E-state index contributed by atoms with van der Waals surface area (Å²) >= 11 is 0. The maximum absolute atomic E-state index is 4.18. The molecule has 1 fully saturated rings. The van der Waals surface area contributed by atoms with Crippen molar-refractivity contribution in [2.75, 3.05) is 0 Å². The molecule has 0 heteroatoms. The first-order valence-electron chi connectivity index (χ1n) is 8.83. The van der Waals surface area contributed by atoms with Crippen LogP contribution < -0.4 is 0 Å². The molecule has 0 nitrogen and oxygen atoms in total. The minimum absolute atomic E-state index is 0. The van der Waals surface area contributed by atoms with Gasteiger partial charge in [0.05, 0.1) is 0 Å². The van der Waals surface area contributed by atoms with Crippen molar-refractivity contribution in [2.24, 2.45) is 5.92 Å². The molecule has 3 rings (SSSR count). The SMILES string of the molecule is C.C=C1C(=C)[C@@H](C)CCC2=CCCC=C12.CC(C)c1ccccc1. The Morgan fingerprint density at radius 2 is 1.62 bits per heavy atom. The lowest BCUT2D eigenvalue weighted by atomic mass is 9.89. The van der Waals surface area contributed by atoms with E-state index in [1.165, 1.54) is 53.5 Å². The topological polar surface area (TPSA) is 0 Å². The fourth-order valence-electron chi connectivity index (χ4n) is 3.13. The van der Waals surface area contributed by atoms with E-state index < -0.39 is 0 Å². The van der Waals surface area contributed by atoms with Gasteiger partial charge in [0.1, 0.15) is 0 Å². The Bertz CT molecular complexity index is 611. The van der Waals surface area contributed by atoms with Crippen molar-refractivity contribution in [1.82, 2.24) is 0 Å².